The second-order valence-electron chi connectivity index (χ2n) is 2.23. The minimum absolute atomic E-state index is 0.195. The lowest BCUT2D eigenvalue weighted by atomic mass is 10.2. The van der Waals surface area contributed by atoms with Crippen LogP contribution < -0.4 is 0 Å². The summed E-state index contributed by atoms with van der Waals surface area (Å²) in [7, 11) is 0. The predicted molar refractivity (Wildman–Crippen MR) is 41.9 cm³/mol. The molecule has 11 heavy (non-hydrogen) atoms. The first kappa shape index (κ1) is 7.78. The topological polar surface area (TPSA) is 61.8 Å². The zero-order valence-electron chi connectivity index (χ0n) is 6.41. The van der Waals surface area contributed by atoms with Gasteiger partial charge in [-0.25, -0.2) is 0 Å². The molecule has 0 amide bonds. The van der Waals surface area contributed by atoms with Crippen LogP contribution in [-0.2, 0) is 0 Å². The summed E-state index contributed by atoms with van der Waals surface area (Å²) in [5.74, 6) is 0.195. The number of rotatable bonds is 3. The Morgan fingerprint density at radius 1 is 1.82 bits per heavy atom. The average Bonchev–Trinajstić information content (AvgIpc) is 2.52. The lowest BCUT2D eigenvalue weighted by molar-refractivity contribution is 0.505. The summed E-state index contributed by atoms with van der Waals surface area (Å²) in [5, 5.41) is 19.0. The minimum Gasteiger partial charge on any atom is -0.506 e. The molecular formula is C7H11N3O. The minimum atomic E-state index is 0.195. The van der Waals surface area contributed by atoms with Gasteiger partial charge in [-0.3, -0.25) is 0 Å². The largest absolute Gasteiger partial charge is 0.506 e. The first-order valence-electron chi connectivity index (χ1n) is 3.60. The van der Waals surface area contributed by atoms with Crippen molar-refractivity contribution in [2.45, 2.75) is 19.8 Å². The van der Waals surface area contributed by atoms with Gasteiger partial charge in [-0.1, -0.05) is 13.3 Å². The third kappa shape index (κ3) is 2.07. The molecule has 4 nitrogen and oxygen atoms in total. The number of nitrogens with one attached hydrogen (secondary N) is 1. The lowest BCUT2D eigenvalue weighted by Gasteiger charge is -1.91. The first-order chi connectivity index (χ1) is 5.34. The number of hydrogen-bond donors (Lipinski definition) is 2. The molecule has 0 aliphatic carbocycles. The number of allylic oxidation sites excluding steroid dienone is 1. The molecule has 0 radical (unpaired) electrons. The average molecular weight is 153 g/mol. The number of H-pyrrole nitrogens is 1. The molecule has 0 fully saturated rings. The molecule has 1 aromatic rings. The van der Waals surface area contributed by atoms with Crippen molar-refractivity contribution in [3.8, 4) is 0 Å². The van der Waals surface area contributed by atoms with Crippen molar-refractivity contribution in [3.05, 3.63) is 18.0 Å². The smallest absolute Gasteiger partial charge is 0.146 e. The molecule has 0 bridgehead atoms. The van der Waals surface area contributed by atoms with Crippen LogP contribution in [0.1, 0.15) is 25.5 Å². The maximum absolute atomic E-state index is 9.28. The fraction of sp³-hybridized carbons (Fsp3) is 0.429. The molecule has 0 saturated carbocycles. The van der Waals surface area contributed by atoms with Crippen LogP contribution in [0.2, 0.25) is 0 Å². The summed E-state index contributed by atoms with van der Waals surface area (Å²) in [6, 6.07) is 0. The first-order valence-corrected chi connectivity index (χ1v) is 3.60. The van der Waals surface area contributed by atoms with E-state index in [-0.39, 0.29) is 5.76 Å². The maximum Gasteiger partial charge on any atom is 0.146 e. The highest BCUT2D eigenvalue weighted by molar-refractivity contribution is 5.52. The molecule has 0 unspecified atom stereocenters. The molecular weight excluding hydrogens is 142 g/mol. The fourth-order valence-electron chi connectivity index (χ4n) is 0.711. The molecule has 1 aromatic heterocycles. The Bertz CT molecular complexity index is 228. The second-order valence-corrected chi connectivity index (χ2v) is 2.23. The summed E-state index contributed by atoms with van der Waals surface area (Å²) in [4.78, 5) is 0. The van der Waals surface area contributed by atoms with Gasteiger partial charge in [0.05, 0.1) is 6.20 Å². The number of aromatic amines is 1. The van der Waals surface area contributed by atoms with E-state index in [0.717, 1.165) is 12.8 Å². The van der Waals surface area contributed by atoms with Gasteiger partial charge in [0.15, 0.2) is 0 Å². The van der Waals surface area contributed by atoms with Crippen molar-refractivity contribution in [2.24, 2.45) is 0 Å². The summed E-state index contributed by atoms with van der Waals surface area (Å²) in [5.41, 5.74) is 0.499. The Morgan fingerprint density at radius 3 is 3.18 bits per heavy atom. The predicted octanol–water partition coefficient (Wildman–Crippen LogP) is 1.50. The molecule has 1 heterocycles. The van der Waals surface area contributed by atoms with Gasteiger partial charge in [0.25, 0.3) is 0 Å². The van der Waals surface area contributed by atoms with Crippen molar-refractivity contribution < 1.29 is 5.11 Å². The third-order valence-electron chi connectivity index (χ3n) is 1.30. The molecule has 0 saturated heterocycles. The van der Waals surface area contributed by atoms with Gasteiger partial charge < -0.3 is 5.11 Å². The van der Waals surface area contributed by atoms with Gasteiger partial charge in [0.2, 0.25) is 0 Å². The van der Waals surface area contributed by atoms with Crippen LogP contribution in [0.25, 0.3) is 5.76 Å². The number of aromatic nitrogens is 3. The molecule has 0 aliphatic rings. The van der Waals surface area contributed by atoms with Crippen molar-refractivity contribution in [2.75, 3.05) is 0 Å². The Morgan fingerprint density at radius 2 is 2.64 bits per heavy atom. The number of nitrogens with zero attached hydrogens (tertiary/aromatic N) is 2. The molecule has 0 aromatic carbocycles. The lowest BCUT2D eigenvalue weighted by Crippen LogP contribution is -1.82. The van der Waals surface area contributed by atoms with E-state index < -0.39 is 0 Å². The highest BCUT2D eigenvalue weighted by Gasteiger charge is 1.99. The van der Waals surface area contributed by atoms with Crippen LogP contribution in [0, 0.1) is 0 Å². The molecule has 1 rings (SSSR count). The number of hydrogen-bond acceptors (Lipinski definition) is 3. The quantitative estimate of drug-likeness (QED) is 0.647. The Kier molecular flexibility index (Phi) is 2.66. The van der Waals surface area contributed by atoms with Crippen LogP contribution in [0.4, 0.5) is 0 Å². The molecule has 0 spiro atoms. The van der Waals surface area contributed by atoms with Crippen LogP contribution in [0.5, 0.6) is 0 Å². The van der Waals surface area contributed by atoms with Gasteiger partial charge in [0, 0.05) is 0 Å². The number of aliphatic hydroxyl groups excluding tert-OH is 1. The number of aliphatic hydroxyl groups is 1. The normalized spacial score (nSPS) is 11.9. The zero-order chi connectivity index (χ0) is 8.10. The van der Waals surface area contributed by atoms with Gasteiger partial charge in [-0.2, -0.15) is 15.4 Å². The summed E-state index contributed by atoms with van der Waals surface area (Å²) >= 11 is 0. The molecule has 2 N–H and O–H groups in total. The van der Waals surface area contributed by atoms with Crippen molar-refractivity contribution in [1.29, 1.82) is 0 Å². The van der Waals surface area contributed by atoms with Crippen molar-refractivity contribution in [1.82, 2.24) is 15.4 Å². The molecule has 4 heteroatoms. The maximum atomic E-state index is 9.28. The van der Waals surface area contributed by atoms with Crippen LogP contribution in [0.3, 0.4) is 0 Å². The van der Waals surface area contributed by atoms with Crippen molar-refractivity contribution in [3.63, 3.8) is 0 Å². The highest BCUT2D eigenvalue weighted by Crippen LogP contribution is 2.06. The monoisotopic (exact) mass is 153 g/mol. The summed E-state index contributed by atoms with van der Waals surface area (Å²) < 4.78 is 0. The summed E-state index contributed by atoms with van der Waals surface area (Å²) in [6.07, 6.45) is 5.10. The van der Waals surface area contributed by atoms with Gasteiger partial charge in [-0.05, 0) is 12.5 Å². The molecule has 0 aliphatic heterocycles. The summed E-state index contributed by atoms with van der Waals surface area (Å²) in [6.45, 7) is 2.05. The van der Waals surface area contributed by atoms with E-state index in [0.29, 0.717) is 5.69 Å². The van der Waals surface area contributed by atoms with E-state index in [2.05, 4.69) is 15.4 Å². The van der Waals surface area contributed by atoms with Crippen LogP contribution >= 0.6 is 0 Å². The van der Waals surface area contributed by atoms with E-state index in [1.165, 1.54) is 6.20 Å². The van der Waals surface area contributed by atoms with Gasteiger partial charge in [0.1, 0.15) is 11.5 Å². The Balaban J connectivity index is 2.62. The number of unbranched alkanes of at least 4 members (excludes halogenated alkanes) is 1. The molecule has 60 valence electrons. The second kappa shape index (κ2) is 3.75. The van der Waals surface area contributed by atoms with Gasteiger partial charge in [-0.15, -0.1) is 0 Å². The van der Waals surface area contributed by atoms with E-state index in [1.54, 1.807) is 6.08 Å². The van der Waals surface area contributed by atoms with Crippen LogP contribution in [-0.4, -0.2) is 20.5 Å². The fourth-order valence-corrected chi connectivity index (χ4v) is 0.711. The Hall–Kier alpha value is -1.32. The zero-order valence-corrected chi connectivity index (χ0v) is 6.41. The van der Waals surface area contributed by atoms with E-state index in [1.807, 2.05) is 6.92 Å². The van der Waals surface area contributed by atoms with Gasteiger partial charge >= 0.3 is 0 Å². The van der Waals surface area contributed by atoms with E-state index in [4.69, 9.17) is 0 Å². The highest BCUT2D eigenvalue weighted by atomic mass is 16.3. The SMILES string of the molecule is CCC/C=C(/O)c1cn[nH]n1. The van der Waals surface area contributed by atoms with Crippen molar-refractivity contribution >= 4 is 5.76 Å². The van der Waals surface area contributed by atoms with E-state index in [9.17, 15) is 5.11 Å². The Labute approximate surface area is 64.9 Å². The van der Waals surface area contributed by atoms with E-state index >= 15 is 0 Å². The standard InChI is InChI=1S/C7H11N3O/c1-2-3-4-7(11)6-5-8-10-9-6/h4-5,11H,2-3H2,1H3,(H,8,9,10)/b7-4+. The van der Waals surface area contributed by atoms with Crippen LogP contribution in [0.15, 0.2) is 12.3 Å². The molecule has 0 atom stereocenters. The third-order valence-corrected chi connectivity index (χ3v) is 1.30.